The molecule has 0 aromatic carbocycles. The minimum absolute atomic E-state index is 0.0730. The number of hydrogen-bond acceptors (Lipinski definition) is 10. The van der Waals surface area contributed by atoms with Crippen LogP contribution in [0.25, 0.3) is 0 Å². The van der Waals surface area contributed by atoms with Gasteiger partial charge in [-0.3, -0.25) is 9.59 Å². The third kappa shape index (κ3) is 41.7. The molecule has 11 nitrogen and oxygen atoms in total. The zero-order chi connectivity index (χ0) is 56.1. The van der Waals surface area contributed by atoms with Crippen LogP contribution in [0.2, 0.25) is 0 Å². The lowest BCUT2D eigenvalue weighted by atomic mass is 9.99. The van der Waals surface area contributed by atoms with Crippen molar-refractivity contribution < 1.29 is 49.3 Å². The number of nitrogens with one attached hydrogen (secondary N) is 1. The molecule has 1 aliphatic heterocycles. The van der Waals surface area contributed by atoms with Gasteiger partial charge in [-0.25, -0.2) is 0 Å². The first-order valence-corrected chi connectivity index (χ1v) is 31.8. The molecule has 0 bridgehead atoms. The van der Waals surface area contributed by atoms with Gasteiger partial charge in [0.1, 0.15) is 24.4 Å². The van der Waals surface area contributed by atoms with Gasteiger partial charge in [0.15, 0.2) is 12.4 Å². The Bertz CT molecular complexity index is 1530. The number of aliphatic hydroxyl groups is 5. The highest BCUT2D eigenvalue weighted by Crippen LogP contribution is 2.26. The van der Waals surface area contributed by atoms with E-state index >= 15 is 0 Å². The summed E-state index contributed by atoms with van der Waals surface area (Å²) in [5, 5.41) is 57.0. The van der Waals surface area contributed by atoms with Gasteiger partial charge in [-0.05, 0) is 44.9 Å². The highest BCUT2D eigenvalue weighted by molar-refractivity contribution is 5.80. The number of unbranched alkanes of at least 4 members (excludes halogenated alkanes) is 33. The van der Waals surface area contributed by atoms with Gasteiger partial charge in [-0.15, -0.1) is 0 Å². The van der Waals surface area contributed by atoms with Gasteiger partial charge in [0, 0.05) is 6.42 Å². The van der Waals surface area contributed by atoms with Crippen LogP contribution in [-0.2, 0) is 23.8 Å². The molecule has 8 atom stereocenters. The van der Waals surface area contributed by atoms with Crippen molar-refractivity contribution in [3.05, 3.63) is 72.9 Å². The van der Waals surface area contributed by atoms with E-state index in [1.807, 2.05) is 54.7 Å². The van der Waals surface area contributed by atoms with E-state index in [0.717, 1.165) is 64.2 Å². The summed E-state index contributed by atoms with van der Waals surface area (Å²) in [4.78, 5) is 26.5. The molecule has 1 fully saturated rings. The largest absolute Gasteiger partial charge is 0.454 e. The van der Waals surface area contributed by atoms with E-state index in [0.29, 0.717) is 12.8 Å². The lowest BCUT2D eigenvalue weighted by molar-refractivity contribution is -0.305. The maximum absolute atomic E-state index is 13.4. The minimum Gasteiger partial charge on any atom is -0.454 e. The molecular formula is C66H117NO10. The molecule has 0 saturated carbocycles. The molecule has 8 unspecified atom stereocenters. The number of esters is 1. The summed E-state index contributed by atoms with van der Waals surface area (Å²) in [6, 6.07) is -1.03. The smallest absolute Gasteiger partial charge is 0.306 e. The first kappa shape index (κ1) is 72.1. The molecular weight excluding hydrogens is 967 g/mol. The number of allylic oxidation sites excluding steroid dienone is 11. The van der Waals surface area contributed by atoms with Gasteiger partial charge in [0.2, 0.25) is 5.91 Å². The van der Waals surface area contributed by atoms with Gasteiger partial charge in [-0.2, -0.15) is 0 Å². The third-order valence-corrected chi connectivity index (χ3v) is 14.8. The molecule has 1 heterocycles. The van der Waals surface area contributed by atoms with E-state index < -0.39 is 67.4 Å². The Balaban J connectivity index is 2.69. The van der Waals surface area contributed by atoms with Crippen LogP contribution in [0.3, 0.4) is 0 Å². The molecule has 6 N–H and O–H groups in total. The van der Waals surface area contributed by atoms with Gasteiger partial charge in [-0.1, -0.05) is 293 Å². The molecule has 0 radical (unpaired) electrons. The number of carbonyl (C=O) groups excluding carboxylic acids is 2. The second-order valence-electron chi connectivity index (χ2n) is 21.9. The molecule has 77 heavy (non-hydrogen) atoms. The monoisotopic (exact) mass is 1080 g/mol. The Morgan fingerprint density at radius 1 is 0.519 bits per heavy atom. The van der Waals surface area contributed by atoms with Gasteiger partial charge in [0.25, 0.3) is 0 Å². The molecule has 0 aromatic heterocycles. The Hall–Kier alpha value is -2.90. The average Bonchev–Trinajstić information content (AvgIpc) is 3.43. The average molecular weight is 1080 g/mol. The highest BCUT2D eigenvalue weighted by atomic mass is 16.7. The Morgan fingerprint density at radius 2 is 0.935 bits per heavy atom. The molecule has 0 aromatic rings. The molecule has 1 rings (SSSR count). The summed E-state index contributed by atoms with van der Waals surface area (Å²) in [5.41, 5.74) is 0. The minimum atomic E-state index is -1.63. The van der Waals surface area contributed by atoms with Crippen molar-refractivity contribution >= 4 is 11.9 Å². The highest BCUT2D eigenvalue weighted by Gasteiger charge is 2.47. The van der Waals surface area contributed by atoms with Crippen molar-refractivity contribution in [2.24, 2.45) is 0 Å². The molecule has 1 amide bonds. The van der Waals surface area contributed by atoms with Crippen molar-refractivity contribution in [2.45, 2.75) is 320 Å². The summed E-state index contributed by atoms with van der Waals surface area (Å²) in [7, 11) is 0. The fourth-order valence-corrected chi connectivity index (χ4v) is 9.73. The molecule has 0 aliphatic carbocycles. The van der Waals surface area contributed by atoms with Gasteiger partial charge >= 0.3 is 5.97 Å². The zero-order valence-corrected chi connectivity index (χ0v) is 49.3. The Kier molecular flexibility index (Phi) is 50.3. The fraction of sp³-hybridized carbons (Fsp3) is 0.788. The van der Waals surface area contributed by atoms with E-state index in [1.54, 1.807) is 6.08 Å². The number of amides is 1. The zero-order valence-electron chi connectivity index (χ0n) is 49.3. The number of carbonyl (C=O) groups is 2. The normalized spacial score (nSPS) is 19.5. The summed E-state index contributed by atoms with van der Waals surface area (Å²) in [6.45, 7) is 5.64. The topological polar surface area (TPSA) is 175 Å². The van der Waals surface area contributed by atoms with E-state index in [9.17, 15) is 35.1 Å². The SMILES string of the molecule is CC/C=C/C=C/C=C\C=C/C=C/CCCCCC(=O)OC1C(OCC(NC(=O)C(O)CCCCCCCCCCCCCCCCCCCCCC)C(O)/C=C/CCCCCCCCCCCCC)OC(CO)C(O)C1O. The lowest BCUT2D eigenvalue weighted by Crippen LogP contribution is -2.61. The van der Waals surface area contributed by atoms with Crippen molar-refractivity contribution in [3.8, 4) is 0 Å². The lowest BCUT2D eigenvalue weighted by Gasteiger charge is -2.41. The van der Waals surface area contributed by atoms with Crippen molar-refractivity contribution in [3.63, 3.8) is 0 Å². The predicted molar refractivity (Wildman–Crippen MR) is 319 cm³/mol. The summed E-state index contributed by atoms with van der Waals surface area (Å²) < 4.78 is 17.6. The van der Waals surface area contributed by atoms with Crippen molar-refractivity contribution in [1.29, 1.82) is 0 Å². The first-order chi connectivity index (χ1) is 37.7. The van der Waals surface area contributed by atoms with E-state index in [-0.39, 0.29) is 19.4 Å². The van der Waals surface area contributed by atoms with Crippen LogP contribution >= 0.6 is 0 Å². The van der Waals surface area contributed by atoms with Gasteiger partial charge < -0.3 is 45.1 Å². The van der Waals surface area contributed by atoms with Crippen LogP contribution in [0, 0.1) is 0 Å². The number of hydrogen-bond donors (Lipinski definition) is 6. The number of rotatable bonds is 53. The summed E-state index contributed by atoms with van der Waals surface area (Å²) in [5.74, 6) is -1.23. The Morgan fingerprint density at radius 3 is 1.40 bits per heavy atom. The fourth-order valence-electron chi connectivity index (χ4n) is 9.73. The maximum atomic E-state index is 13.4. The molecule has 1 aliphatic rings. The summed E-state index contributed by atoms with van der Waals surface area (Å²) >= 11 is 0. The predicted octanol–water partition coefficient (Wildman–Crippen LogP) is 15.2. The second kappa shape index (κ2) is 53.7. The number of aliphatic hydroxyl groups excluding tert-OH is 5. The molecule has 0 spiro atoms. The van der Waals surface area contributed by atoms with Crippen molar-refractivity contribution in [2.75, 3.05) is 13.2 Å². The van der Waals surface area contributed by atoms with Crippen molar-refractivity contribution in [1.82, 2.24) is 5.32 Å². The molecule has 1 saturated heterocycles. The van der Waals surface area contributed by atoms with Gasteiger partial charge in [0.05, 0.1) is 25.4 Å². The third-order valence-electron chi connectivity index (χ3n) is 14.8. The van der Waals surface area contributed by atoms with Crippen LogP contribution < -0.4 is 5.32 Å². The number of ether oxygens (including phenoxy) is 3. The standard InChI is InChI=1S/C66H117NO10/c1-4-7-10-13-16-19-22-25-27-28-29-30-31-33-35-38-41-44-47-50-53-59(70)65(74)67-57(58(69)52-49-46-43-40-37-34-24-21-18-15-12-9-6-3)56-75-66-64(63(73)62(72)60(55-68)76-66)77-61(71)54-51-48-45-42-39-36-32-26-23-20-17-14-11-8-5-2/h8,11,14,17,20,23,26,32,36,39,49,52,57-60,62-64,66,68-70,72-73H,4-7,9-10,12-13,15-16,18-19,21-22,24-25,27-31,33-35,37-38,40-48,50-51,53-56H2,1-3H3,(H,67,74)/b11-8+,17-14+,23-20-,32-26-,39-36+,52-49+. The van der Waals surface area contributed by atoms with E-state index in [1.165, 1.54) is 161 Å². The second-order valence-corrected chi connectivity index (χ2v) is 21.9. The van der Waals surface area contributed by atoms with Crippen LogP contribution in [0.1, 0.15) is 271 Å². The van der Waals surface area contributed by atoms with Crippen LogP contribution in [0.5, 0.6) is 0 Å². The van der Waals surface area contributed by atoms with E-state index in [4.69, 9.17) is 14.2 Å². The summed E-state index contributed by atoms with van der Waals surface area (Å²) in [6.07, 6.45) is 58.0. The quantitative estimate of drug-likeness (QED) is 0.0149. The van der Waals surface area contributed by atoms with Crippen LogP contribution in [0.4, 0.5) is 0 Å². The van der Waals surface area contributed by atoms with E-state index in [2.05, 4.69) is 38.2 Å². The van der Waals surface area contributed by atoms with Crippen LogP contribution in [0.15, 0.2) is 72.9 Å². The molecule has 11 heteroatoms. The Labute approximate surface area is 471 Å². The van der Waals surface area contributed by atoms with Crippen LogP contribution in [-0.4, -0.2) is 99.6 Å². The molecule has 446 valence electrons. The first-order valence-electron chi connectivity index (χ1n) is 31.8. The maximum Gasteiger partial charge on any atom is 0.306 e.